The molecule has 0 spiro atoms. The van der Waals surface area contributed by atoms with E-state index in [1.165, 1.54) is 0 Å². The summed E-state index contributed by atoms with van der Waals surface area (Å²) < 4.78 is 39.1. The zero-order valence-electron chi connectivity index (χ0n) is 26.6. The fourth-order valence-electron chi connectivity index (χ4n) is 6.87. The number of anilines is 2. The fraction of sp³-hybridized carbons (Fsp3) is 0.256. The molecule has 1 saturated heterocycles. The second-order valence-corrected chi connectivity index (χ2v) is 14.5. The summed E-state index contributed by atoms with van der Waals surface area (Å²) in [5, 5.41) is 0. The van der Waals surface area contributed by atoms with Crippen molar-refractivity contribution in [3.05, 3.63) is 138 Å². The van der Waals surface area contributed by atoms with Crippen LogP contribution in [0.15, 0.2) is 132 Å². The number of benzene rings is 4. The number of sulfonamides is 1. The highest BCUT2D eigenvalue weighted by atomic mass is 32.2. The number of hydrogen-bond acceptors (Lipinski definition) is 4. The molecule has 2 aliphatic heterocycles. The molecule has 7 heteroatoms. The van der Waals surface area contributed by atoms with E-state index in [9.17, 15) is 8.42 Å². The summed E-state index contributed by atoms with van der Waals surface area (Å²) in [6, 6.07) is 34.3. The molecule has 1 fully saturated rings. The van der Waals surface area contributed by atoms with Crippen molar-refractivity contribution in [2.24, 2.45) is 11.8 Å². The molecular formula is C39H40N3O3S+. The van der Waals surface area contributed by atoms with E-state index >= 15 is 0 Å². The summed E-state index contributed by atoms with van der Waals surface area (Å²) in [6.45, 7) is 3.30. The lowest BCUT2D eigenvalue weighted by Gasteiger charge is -2.37. The smallest absolute Gasteiger partial charge is 0.243 e. The van der Waals surface area contributed by atoms with E-state index in [2.05, 4.69) is 84.1 Å². The van der Waals surface area contributed by atoms with Crippen LogP contribution in [0, 0.1) is 11.8 Å². The van der Waals surface area contributed by atoms with Gasteiger partial charge < -0.3 is 9.64 Å². The Morgan fingerprint density at radius 2 is 1.50 bits per heavy atom. The first kappa shape index (κ1) is 30.2. The zero-order chi connectivity index (χ0) is 31.8. The molecule has 1 aliphatic carbocycles. The maximum absolute atomic E-state index is 14.3. The highest BCUT2D eigenvalue weighted by molar-refractivity contribution is 7.89. The van der Waals surface area contributed by atoms with Crippen LogP contribution in [0.5, 0.6) is 5.75 Å². The van der Waals surface area contributed by atoms with E-state index in [1.54, 1.807) is 10.4 Å². The number of nitrogens with zero attached hydrogens (tertiary/aromatic N) is 3. The second-order valence-electron chi connectivity index (χ2n) is 12.6. The molecule has 2 heterocycles. The Morgan fingerprint density at radius 1 is 0.826 bits per heavy atom. The Labute approximate surface area is 272 Å². The van der Waals surface area contributed by atoms with Crippen LogP contribution in [0.3, 0.4) is 0 Å². The van der Waals surface area contributed by atoms with E-state index in [1.807, 2.05) is 61.6 Å². The molecule has 6 nitrogen and oxygen atoms in total. The SMILES string of the molecule is CC1CCN(S(=O)(=O)c2ccccc2C2c3ccc(N(C)c4ccccc4)cc3OC3=CC(=[N+](C)c4ccccc4)C=CC32)CC1. The molecule has 234 valence electrons. The molecule has 0 N–H and O–H groups in total. The van der Waals surface area contributed by atoms with Gasteiger partial charge in [0.15, 0.2) is 0 Å². The van der Waals surface area contributed by atoms with Gasteiger partial charge in [0.2, 0.25) is 21.4 Å². The molecule has 4 aromatic carbocycles. The van der Waals surface area contributed by atoms with Crippen molar-refractivity contribution in [2.75, 3.05) is 32.1 Å². The van der Waals surface area contributed by atoms with Crippen molar-refractivity contribution in [3.8, 4) is 5.75 Å². The lowest BCUT2D eigenvalue weighted by molar-refractivity contribution is -0.403. The van der Waals surface area contributed by atoms with Gasteiger partial charge in [-0.05, 0) is 48.6 Å². The van der Waals surface area contributed by atoms with Crippen molar-refractivity contribution < 1.29 is 17.7 Å². The van der Waals surface area contributed by atoms with Gasteiger partial charge in [0.1, 0.15) is 18.6 Å². The van der Waals surface area contributed by atoms with Crippen LogP contribution >= 0.6 is 0 Å². The number of para-hydroxylation sites is 2. The molecule has 0 bridgehead atoms. The van der Waals surface area contributed by atoms with Gasteiger partial charge in [-0.25, -0.2) is 8.42 Å². The van der Waals surface area contributed by atoms with Gasteiger partial charge in [-0.3, -0.25) is 0 Å². The normalized spacial score (nSPS) is 21.1. The molecular weight excluding hydrogens is 591 g/mol. The summed E-state index contributed by atoms with van der Waals surface area (Å²) in [4.78, 5) is 2.52. The van der Waals surface area contributed by atoms with Crippen LogP contribution in [0.4, 0.5) is 17.1 Å². The third-order valence-corrected chi connectivity index (χ3v) is 11.7. The Bertz CT molecular complexity index is 1940. The molecule has 0 saturated carbocycles. The van der Waals surface area contributed by atoms with Crippen molar-refractivity contribution in [1.82, 2.24) is 4.31 Å². The van der Waals surface area contributed by atoms with Crippen LogP contribution in [0.1, 0.15) is 36.8 Å². The van der Waals surface area contributed by atoms with Crippen LogP contribution in [-0.4, -0.2) is 50.2 Å². The van der Waals surface area contributed by atoms with Gasteiger partial charge in [-0.15, -0.1) is 0 Å². The molecule has 3 aliphatic rings. The Kier molecular flexibility index (Phi) is 8.13. The number of allylic oxidation sites excluding steroid dienone is 3. The van der Waals surface area contributed by atoms with Crippen LogP contribution in [0.25, 0.3) is 0 Å². The minimum Gasteiger partial charge on any atom is -0.460 e. The lowest BCUT2D eigenvalue weighted by atomic mass is 9.75. The molecule has 4 aromatic rings. The minimum absolute atomic E-state index is 0.171. The average Bonchev–Trinajstić information content (AvgIpc) is 3.10. The average molecular weight is 631 g/mol. The predicted molar refractivity (Wildman–Crippen MR) is 185 cm³/mol. The van der Waals surface area contributed by atoms with Gasteiger partial charge >= 0.3 is 0 Å². The van der Waals surface area contributed by atoms with Crippen molar-refractivity contribution >= 4 is 32.8 Å². The molecule has 46 heavy (non-hydrogen) atoms. The molecule has 0 radical (unpaired) electrons. The largest absolute Gasteiger partial charge is 0.460 e. The first-order chi connectivity index (χ1) is 22.3. The van der Waals surface area contributed by atoms with Gasteiger partial charge in [0.05, 0.1) is 4.90 Å². The molecule has 0 amide bonds. The summed E-state index contributed by atoms with van der Waals surface area (Å²) in [5.41, 5.74) is 5.91. The summed E-state index contributed by atoms with van der Waals surface area (Å²) in [6.07, 6.45) is 8.16. The molecule has 2 atom stereocenters. The standard InChI is InChI=1S/C39H40N3O3S/c1-28-22-24-42(25-23-28)46(43,44)38-17-11-10-16-35(38)39-33-20-18-31(40(2)29-12-6-4-7-13-29)26-36(33)45-37-27-32(19-21-34(37)39)41(3)30-14-8-5-9-15-30/h4-21,26-28,33,39H,22-25H2,1-3H3/q+1. The maximum Gasteiger partial charge on any atom is 0.243 e. The number of ether oxygens (including phenoxy) is 1. The quantitative estimate of drug-likeness (QED) is 0.204. The topological polar surface area (TPSA) is 52.9 Å². The fourth-order valence-corrected chi connectivity index (χ4v) is 8.58. The summed E-state index contributed by atoms with van der Waals surface area (Å²) in [7, 11) is 0.401. The third kappa shape index (κ3) is 5.59. The van der Waals surface area contributed by atoms with E-state index < -0.39 is 10.0 Å². The van der Waals surface area contributed by atoms with Crippen LogP contribution < -0.4 is 9.64 Å². The van der Waals surface area contributed by atoms with Crippen molar-refractivity contribution in [2.45, 2.75) is 30.6 Å². The van der Waals surface area contributed by atoms with E-state index in [0.717, 1.165) is 58.3 Å². The molecule has 2 unspecified atom stereocenters. The predicted octanol–water partition coefficient (Wildman–Crippen LogP) is 7.88. The first-order valence-corrected chi connectivity index (χ1v) is 17.5. The second kappa shape index (κ2) is 12.4. The lowest BCUT2D eigenvalue weighted by Crippen LogP contribution is -2.38. The monoisotopic (exact) mass is 630 g/mol. The minimum atomic E-state index is -3.70. The number of fused-ring (bicyclic) bond motifs is 2. The highest BCUT2D eigenvalue weighted by Gasteiger charge is 2.41. The number of piperidine rings is 1. The van der Waals surface area contributed by atoms with Gasteiger partial charge in [0, 0.05) is 79.3 Å². The third-order valence-electron chi connectivity index (χ3n) is 9.69. The van der Waals surface area contributed by atoms with E-state index in [-0.39, 0.29) is 11.8 Å². The number of hydrogen-bond donors (Lipinski definition) is 0. The van der Waals surface area contributed by atoms with Gasteiger partial charge in [-0.2, -0.15) is 8.88 Å². The Morgan fingerprint density at radius 3 is 2.24 bits per heavy atom. The van der Waals surface area contributed by atoms with E-state index in [4.69, 9.17) is 4.74 Å². The summed E-state index contributed by atoms with van der Waals surface area (Å²) >= 11 is 0. The van der Waals surface area contributed by atoms with Gasteiger partial charge in [0.25, 0.3) is 0 Å². The Hall–Kier alpha value is -4.46. The van der Waals surface area contributed by atoms with Gasteiger partial charge in [-0.1, -0.05) is 73.7 Å². The van der Waals surface area contributed by atoms with Crippen LogP contribution in [0.2, 0.25) is 0 Å². The number of rotatable bonds is 6. The van der Waals surface area contributed by atoms with Crippen molar-refractivity contribution in [1.29, 1.82) is 0 Å². The molecule has 7 rings (SSSR count). The summed E-state index contributed by atoms with van der Waals surface area (Å²) in [5.74, 6) is 1.66. The molecule has 0 aromatic heterocycles. The van der Waals surface area contributed by atoms with Crippen molar-refractivity contribution in [3.63, 3.8) is 0 Å². The highest BCUT2D eigenvalue weighted by Crippen LogP contribution is 2.50. The zero-order valence-corrected chi connectivity index (χ0v) is 27.4. The maximum atomic E-state index is 14.3. The Balaban J connectivity index is 1.36. The first-order valence-electron chi connectivity index (χ1n) is 16.1. The van der Waals surface area contributed by atoms with E-state index in [0.29, 0.717) is 23.9 Å². The van der Waals surface area contributed by atoms with Crippen LogP contribution in [-0.2, 0) is 10.0 Å².